The van der Waals surface area contributed by atoms with Gasteiger partial charge in [-0.3, -0.25) is 9.59 Å². The number of nitrogens with one attached hydrogen (secondary N) is 2. The van der Waals surface area contributed by atoms with Crippen molar-refractivity contribution in [2.24, 2.45) is 5.73 Å². The van der Waals surface area contributed by atoms with Crippen molar-refractivity contribution in [2.45, 2.75) is 38.5 Å². The predicted octanol–water partition coefficient (Wildman–Crippen LogP) is 1.14. The number of nitrogens with two attached hydrogens (primary N) is 1. The Morgan fingerprint density at radius 1 is 1.30 bits per heavy atom. The summed E-state index contributed by atoms with van der Waals surface area (Å²) in [5.74, 6) is -0.286. The average molecular weight is 300 g/mol. The molecule has 112 valence electrons. The van der Waals surface area contributed by atoms with Gasteiger partial charge in [0.1, 0.15) is 5.56 Å². The Labute approximate surface area is 124 Å². The number of unbranched alkanes of at least 4 members (excludes halogenated alkanes) is 1. The van der Waals surface area contributed by atoms with Crippen LogP contribution in [0.2, 0.25) is 0 Å². The van der Waals surface area contributed by atoms with Crippen LogP contribution in [0, 0.1) is 0 Å². The zero-order valence-corrected chi connectivity index (χ0v) is 12.4. The van der Waals surface area contributed by atoms with Crippen molar-refractivity contribution in [1.82, 2.24) is 10.3 Å². The maximum atomic E-state index is 12.0. The van der Waals surface area contributed by atoms with Crippen LogP contribution in [0.3, 0.4) is 0 Å². The lowest BCUT2D eigenvalue weighted by molar-refractivity contribution is 0.0951. The fourth-order valence-electron chi connectivity index (χ4n) is 2.41. The molecule has 1 aromatic rings. The Morgan fingerprint density at radius 3 is 2.80 bits per heavy atom. The van der Waals surface area contributed by atoms with Gasteiger partial charge in [0.15, 0.2) is 0 Å². The summed E-state index contributed by atoms with van der Waals surface area (Å²) >= 11 is 0. The second kappa shape index (κ2) is 8.07. The van der Waals surface area contributed by atoms with E-state index in [1.54, 1.807) is 6.07 Å². The molecule has 4 N–H and O–H groups in total. The Bertz CT molecular complexity index is 514. The van der Waals surface area contributed by atoms with E-state index in [9.17, 15) is 9.59 Å². The van der Waals surface area contributed by atoms with Gasteiger partial charge >= 0.3 is 0 Å². The predicted molar refractivity (Wildman–Crippen MR) is 81.6 cm³/mol. The highest BCUT2D eigenvalue weighted by molar-refractivity contribution is 5.94. The molecule has 0 fully saturated rings. The molecule has 0 spiro atoms. The molecule has 1 heterocycles. The molecule has 1 aliphatic rings. The van der Waals surface area contributed by atoms with Crippen LogP contribution in [0.5, 0.6) is 0 Å². The standard InChI is InChI=1S/C14H21N3O2.ClH/c15-7-3-4-8-16-13(18)11-9-10-5-1-2-6-12(10)17-14(11)19;/h9H,1-8,15H2,(H,16,18)(H,17,19);1H. The minimum Gasteiger partial charge on any atom is -0.352 e. The van der Waals surface area contributed by atoms with E-state index in [1.807, 2.05) is 0 Å². The molecule has 0 bridgehead atoms. The molecule has 20 heavy (non-hydrogen) atoms. The molecule has 1 amide bonds. The monoisotopic (exact) mass is 299 g/mol. The molecular formula is C14H22ClN3O2. The SMILES string of the molecule is Cl.NCCCCNC(=O)c1cc2c([nH]c1=O)CCCC2. The topological polar surface area (TPSA) is 88.0 Å². The van der Waals surface area contributed by atoms with Gasteiger partial charge in [0.05, 0.1) is 0 Å². The number of aromatic nitrogens is 1. The van der Waals surface area contributed by atoms with E-state index < -0.39 is 0 Å². The molecule has 0 unspecified atom stereocenters. The zero-order valence-electron chi connectivity index (χ0n) is 11.5. The molecule has 0 aliphatic heterocycles. The lowest BCUT2D eigenvalue weighted by Gasteiger charge is -2.15. The van der Waals surface area contributed by atoms with Crippen LogP contribution in [0.25, 0.3) is 0 Å². The van der Waals surface area contributed by atoms with Crippen molar-refractivity contribution in [3.63, 3.8) is 0 Å². The highest BCUT2D eigenvalue weighted by atomic mass is 35.5. The molecule has 2 rings (SSSR count). The third-order valence-corrected chi connectivity index (χ3v) is 3.50. The van der Waals surface area contributed by atoms with Gasteiger partial charge in [-0.05, 0) is 56.7 Å². The first kappa shape index (κ1) is 16.7. The lowest BCUT2D eigenvalue weighted by atomic mass is 9.95. The maximum Gasteiger partial charge on any atom is 0.261 e. The number of carbonyl (C=O) groups excluding carboxylic acids is 1. The molecule has 5 nitrogen and oxygen atoms in total. The summed E-state index contributed by atoms with van der Waals surface area (Å²) in [6, 6.07) is 1.76. The summed E-state index contributed by atoms with van der Waals surface area (Å²) in [6.07, 6.45) is 5.79. The van der Waals surface area contributed by atoms with Gasteiger partial charge < -0.3 is 16.0 Å². The Kier molecular flexibility index (Phi) is 6.75. The minimum absolute atomic E-state index is 0. The number of H-pyrrole nitrogens is 1. The van der Waals surface area contributed by atoms with Crippen LogP contribution in [-0.4, -0.2) is 24.0 Å². The van der Waals surface area contributed by atoms with Crippen molar-refractivity contribution < 1.29 is 4.79 Å². The van der Waals surface area contributed by atoms with Gasteiger partial charge in [0.25, 0.3) is 11.5 Å². The van der Waals surface area contributed by atoms with E-state index in [0.29, 0.717) is 13.1 Å². The fraction of sp³-hybridized carbons (Fsp3) is 0.571. The highest BCUT2D eigenvalue weighted by Crippen LogP contribution is 2.18. The van der Waals surface area contributed by atoms with E-state index in [1.165, 1.54) is 0 Å². The van der Waals surface area contributed by atoms with Crippen molar-refractivity contribution in [3.8, 4) is 0 Å². The summed E-state index contributed by atoms with van der Waals surface area (Å²) in [5.41, 5.74) is 7.44. The van der Waals surface area contributed by atoms with E-state index in [-0.39, 0.29) is 29.4 Å². The van der Waals surface area contributed by atoms with Gasteiger partial charge in [-0.2, -0.15) is 0 Å². The van der Waals surface area contributed by atoms with E-state index >= 15 is 0 Å². The van der Waals surface area contributed by atoms with Gasteiger partial charge in [0, 0.05) is 12.2 Å². The van der Waals surface area contributed by atoms with Crippen molar-refractivity contribution in [2.75, 3.05) is 13.1 Å². The first-order chi connectivity index (χ1) is 9.22. The van der Waals surface area contributed by atoms with Gasteiger partial charge in [-0.25, -0.2) is 0 Å². The van der Waals surface area contributed by atoms with Crippen LogP contribution in [-0.2, 0) is 12.8 Å². The first-order valence-corrected chi connectivity index (χ1v) is 6.95. The number of amides is 1. The number of aryl methyl sites for hydroxylation is 2. The highest BCUT2D eigenvalue weighted by Gasteiger charge is 2.16. The Hall–Kier alpha value is -1.33. The van der Waals surface area contributed by atoms with Gasteiger partial charge in [-0.15, -0.1) is 12.4 Å². The molecule has 0 saturated carbocycles. The third kappa shape index (κ3) is 4.08. The maximum absolute atomic E-state index is 12.0. The quantitative estimate of drug-likeness (QED) is 0.713. The average Bonchev–Trinajstić information content (AvgIpc) is 2.42. The third-order valence-electron chi connectivity index (χ3n) is 3.50. The second-order valence-electron chi connectivity index (χ2n) is 4.97. The van der Waals surface area contributed by atoms with Crippen LogP contribution >= 0.6 is 12.4 Å². The van der Waals surface area contributed by atoms with Crippen LogP contribution < -0.4 is 16.6 Å². The number of rotatable bonds is 5. The largest absolute Gasteiger partial charge is 0.352 e. The van der Waals surface area contributed by atoms with E-state index in [2.05, 4.69) is 10.3 Å². The van der Waals surface area contributed by atoms with Crippen LogP contribution in [0.15, 0.2) is 10.9 Å². The summed E-state index contributed by atoms with van der Waals surface area (Å²) < 4.78 is 0. The van der Waals surface area contributed by atoms with Crippen LogP contribution in [0.1, 0.15) is 47.3 Å². The normalized spacial score (nSPS) is 13.2. The number of hydrogen-bond donors (Lipinski definition) is 3. The molecular weight excluding hydrogens is 278 g/mol. The molecule has 6 heteroatoms. The second-order valence-corrected chi connectivity index (χ2v) is 4.97. The molecule has 1 aromatic heterocycles. The number of carbonyl (C=O) groups is 1. The summed E-state index contributed by atoms with van der Waals surface area (Å²) in [4.78, 5) is 26.7. The van der Waals surface area contributed by atoms with Crippen molar-refractivity contribution >= 4 is 18.3 Å². The molecule has 0 radical (unpaired) electrons. The zero-order chi connectivity index (χ0) is 13.7. The first-order valence-electron chi connectivity index (χ1n) is 6.95. The fourth-order valence-corrected chi connectivity index (χ4v) is 2.41. The number of pyridine rings is 1. The molecule has 0 atom stereocenters. The summed E-state index contributed by atoms with van der Waals surface area (Å²) in [6.45, 7) is 1.18. The number of aromatic amines is 1. The van der Waals surface area contributed by atoms with Crippen LogP contribution in [0.4, 0.5) is 0 Å². The Morgan fingerprint density at radius 2 is 2.05 bits per heavy atom. The number of halogens is 1. The molecule has 1 aliphatic carbocycles. The van der Waals surface area contributed by atoms with E-state index in [0.717, 1.165) is 49.8 Å². The Balaban J connectivity index is 0.00000200. The number of hydrogen-bond acceptors (Lipinski definition) is 3. The number of fused-ring (bicyclic) bond motifs is 1. The smallest absolute Gasteiger partial charge is 0.261 e. The van der Waals surface area contributed by atoms with Crippen molar-refractivity contribution in [3.05, 3.63) is 33.2 Å². The molecule has 0 saturated heterocycles. The van der Waals surface area contributed by atoms with Crippen molar-refractivity contribution in [1.29, 1.82) is 0 Å². The minimum atomic E-state index is -0.286. The lowest BCUT2D eigenvalue weighted by Crippen LogP contribution is -2.31. The molecule has 0 aromatic carbocycles. The van der Waals surface area contributed by atoms with Gasteiger partial charge in [-0.1, -0.05) is 0 Å². The van der Waals surface area contributed by atoms with Gasteiger partial charge in [0.2, 0.25) is 0 Å². The summed E-state index contributed by atoms with van der Waals surface area (Å²) in [7, 11) is 0. The summed E-state index contributed by atoms with van der Waals surface area (Å²) in [5, 5.41) is 2.77. The van der Waals surface area contributed by atoms with E-state index in [4.69, 9.17) is 5.73 Å².